The van der Waals surface area contributed by atoms with E-state index in [0.29, 0.717) is 10.9 Å². The summed E-state index contributed by atoms with van der Waals surface area (Å²) in [5, 5.41) is 0.691. The second kappa shape index (κ2) is 4.67. The van der Waals surface area contributed by atoms with E-state index in [-0.39, 0.29) is 0 Å². The summed E-state index contributed by atoms with van der Waals surface area (Å²) in [5.41, 5.74) is 2.45. The Hall–Kier alpha value is -1.45. The first-order chi connectivity index (χ1) is 8.79. The molecule has 0 saturated heterocycles. The quantitative estimate of drug-likeness (QED) is 0.624. The standard InChI is InChI=1S/C14H10ClNOS/c1-18-12-8-4-5-9(13(12)15)14-16-10-6-2-3-7-11(10)17-14/h2-8H,1H3. The molecule has 0 aliphatic rings. The third-order valence-corrected chi connectivity index (χ3v) is 4.01. The molecule has 0 amide bonds. The Morgan fingerprint density at radius 3 is 2.72 bits per heavy atom. The number of rotatable bonds is 2. The smallest absolute Gasteiger partial charge is 0.228 e. The highest BCUT2D eigenvalue weighted by molar-refractivity contribution is 7.98. The normalized spacial score (nSPS) is 11.0. The average Bonchev–Trinajstić information content (AvgIpc) is 2.82. The van der Waals surface area contributed by atoms with Crippen molar-refractivity contribution in [2.75, 3.05) is 6.26 Å². The van der Waals surface area contributed by atoms with Crippen LogP contribution in [0.4, 0.5) is 0 Å². The van der Waals surface area contributed by atoms with Crippen molar-refractivity contribution in [1.29, 1.82) is 0 Å². The molecule has 0 fully saturated rings. The lowest BCUT2D eigenvalue weighted by Gasteiger charge is -2.03. The molecule has 90 valence electrons. The number of thioether (sulfide) groups is 1. The zero-order valence-corrected chi connectivity index (χ0v) is 11.3. The van der Waals surface area contributed by atoms with Gasteiger partial charge in [-0.15, -0.1) is 11.8 Å². The van der Waals surface area contributed by atoms with Crippen LogP contribution in [0.5, 0.6) is 0 Å². The fourth-order valence-electron chi connectivity index (χ4n) is 1.82. The summed E-state index contributed by atoms with van der Waals surface area (Å²) in [5.74, 6) is 0.567. The molecule has 1 heterocycles. The molecule has 0 atom stereocenters. The van der Waals surface area contributed by atoms with Gasteiger partial charge in [0.15, 0.2) is 5.58 Å². The van der Waals surface area contributed by atoms with Crippen molar-refractivity contribution in [3.05, 3.63) is 47.5 Å². The Kier molecular flexibility index (Phi) is 3.02. The van der Waals surface area contributed by atoms with Gasteiger partial charge in [0.05, 0.1) is 10.6 Å². The number of para-hydroxylation sites is 2. The van der Waals surface area contributed by atoms with Crippen molar-refractivity contribution in [3.8, 4) is 11.5 Å². The molecule has 0 unspecified atom stereocenters. The van der Waals surface area contributed by atoms with Gasteiger partial charge in [-0.1, -0.05) is 29.8 Å². The molecule has 4 heteroatoms. The lowest BCUT2D eigenvalue weighted by atomic mass is 10.2. The van der Waals surface area contributed by atoms with E-state index in [2.05, 4.69) is 4.98 Å². The number of aromatic nitrogens is 1. The fourth-order valence-corrected chi connectivity index (χ4v) is 2.76. The maximum atomic E-state index is 6.35. The number of benzene rings is 2. The molecule has 2 nitrogen and oxygen atoms in total. The Morgan fingerprint density at radius 2 is 1.94 bits per heavy atom. The van der Waals surface area contributed by atoms with Crippen LogP contribution >= 0.6 is 23.4 Å². The molecule has 0 spiro atoms. The Morgan fingerprint density at radius 1 is 1.11 bits per heavy atom. The van der Waals surface area contributed by atoms with E-state index < -0.39 is 0 Å². The zero-order valence-electron chi connectivity index (χ0n) is 9.68. The van der Waals surface area contributed by atoms with Crippen LogP contribution in [0.15, 0.2) is 51.8 Å². The van der Waals surface area contributed by atoms with Gasteiger partial charge in [-0.2, -0.15) is 0 Å². The molecule has 0 aliphatic heterocycles. The van der Waals surface area contributed by atoms with E-state index in [1.54, 1.807) is 11.8 Å². The summed E-state index contributed by atoms with van der Waals surface area (Å²) in [7, 11) is 0. The summed E-state index contributed by atoms with van der Waals surface area (Å²) in [6, 6.07) is 13.6. The number of nitrogens with zero attached hydrogens (tertiary/aromatic N) is 1. The maximum Gasteiger partial charge on any atom is 0.228 e. The van der Waals surface area contributed by atoms with E-state index in [4.69, 9.17) is 16.0 Å². The largest absolute Gasteiger partial charge is 0.436 e. The van der Waals surface area contributed by atoms with Crippen LogP contribution in [0.3, 0.4) is 0 Å². The molecular weight excluding hydrogens is 266 g/mol. The monoisotopic (exact) mass is 275 g/mol. The topological polar surface area (TPSA) is 26.0 Å². The summed E-state index contributed by atoms with van der Waals surface area (Å²) in [6.45, 7) is 0. The third kappa shape index (κ3) is 1.89. The molecule has 0 bridgehead atoms. The molecule has 18 heavy (non-hydrogen) atoms. The molecule has 2 aromatic carbocycles. The minimum absolute atomic E-state index is 0.567. The molecule has 0 radical (unpaired) electrons. The summed E-state index contributed by atoms with van der Waals surface area (Å²) in [6.07, 6.45) is 2.00. The van der Waals surface area contributed by atoms with Gasteiger partial charge in [-0.05, 0) is 30.5 Å². The van der Waals surface area contributed by atoms with Crippen molar-refractivity contribution in [2.24, 2.45) is 0 Å². The molecule has 0 aliphatic carbocycles. The second-order valence-corrected chi connectivity index (χ2v) is 5.03. The minimum atomic E-state index is 0.567. The van der Waals surface area contributed by atoms with Crippen molar-refractivity contribution >= 4 is 34.5 Å². The number of fused-ring (bicyclic) bond motifs is 1. The molecule has 0 saturated carbocycles. The first-order valence-electron chi connectivity index (χ1n) is 5.48. The van der Waals surface area contributed by atoms with Crippen molar-refractivity contribution in [3.63, 3.8) is 0 Å². The van der Waals surface area contributed by atoms with Gasteiger partial charge in [0.25, 0.3) is 0 Å². The summed E-state index contributed by atoms with van der Waals surface area (Å²) < 4.78 is 5.73. The van der Waals surface area contributed by atoms with Crippen molar-refractivity contribution < 1.29 is 4.42 Å². The van der Waals surface area contributed by atoms with E-state index in [9.17, 15) is 0 Å². The van der Waals surface area contributed by atoms with Gasteiger partial charge in [-0.25, -0.2) is 4.98 Å². The van der Waals surface area contributed by atoms with E-state index in [0.717, 1.165) is 21.6 Å². The average molecular weight is 276 g/mol. The highest BCUT2D eigenvalue weighted by Gasteiger charge is 2.13. The van der Waals surface area contributed by atoms with Crippen LogP contribution in [0.1, 0.15) is 0 Å². The Bertz CT molecular complexity index is 675. The zero-order chi connectivity index (χ0) is 12.5. The van der Waals surface area contributed by atoms with Gasteiger partial charge >= 0.3 is 0 Å². The van der Waals surface area contributed by atoms with Crippen LogP contribution in [0.2, 0.25) is 5.02 Å². The maximum absolute atomic E-state index is 6.35. The fraction of sp³-hybridized carbons (Fsp3) is 0.0714. The first-order valence-corrected chi connectivity index (χ1v) is 7.08. The van der Waals surface area contributed by atoms with Crippen molar-refractivity contribution in [1.82, 2.24) is 4.98 Å². The Labute approximate surface area is 114 Å². The molecular formula is C14H10ClNOS. The lowest BCUT2D eigenvalue weighted by molar-refractivity contribution is 0.619. The summed E-state index contributed by atoms with van der Waals surface area (Å²) in [4.78, 5) is 5.48. The number of oxazole rings is 1. The lowest BCUT2D eigenvalue weighted by Crippen LogP contribution is -1.81. The predicted molar refractivity (Wildman–Crippen MR) is 76.2 cm³/mol. The van der Waals surface area contributed by atoms with Crippen LogP contribution in [0, 0.1) is 0 Å². The van der Waals surface area contributed by atoms with Crippen molar-refractivity contribution in [2.45, 2.75) is 4.90 Å². The van der Waals surface area contributed by atoms with Gasteiger partial charge in [-0.3, -0.25) is 0 Å². The van der Waals surface area contributed by atoms with Crippen LogP contribution in [-0.2, 0) is 0 Å². The highest BCUT2D eigenvalue weighted by atomic mass is 35.5. The number of hydrogen-bond acceptors (Lipinski definition) is 3. The van der Waals surface area contributed by atoms with Gasteiger partial charge in [0.1, 0.15) is 5.52 Å². The second-order valence-electron chi connectivity index (χ2n) is 3.81. The van der Waals surface area contributed by atoms with Gasteiger partial charge < -0.3 is 4.42 Å². The highest BCUT2D eigenvalue weighted by Crippen LogP contribution is 2.35. The van der Waals surface area contributed by atoms with Crippen LogP contribution in [0.25, 0.3) is 22.6 Å². The molecule has 1 aromatic heterocycles. The first kappa shape index (κ1) is 11.6. The minimum Gasteiger partial charge on any atom is -0.436 e. The van der Waals surface area contributed by atoms with Crippen LogP contribution < -0.4 is 0 Å². The molecule has 3 aromatic rings. The third-order valence-electron chi connectivity index (χ3n) is 2.71. The predicted octanol–water partition coefficient (Wildman–Crippen LogP) is 4.87. The van der Waals surface area contributed by atoms with Gasteiger partial charge in [0, 0.05) is 4.90 Å². The SMILES string of the molecule is CSc1cccc(-c2nc3ccccc3o2)c1Cl. The summed E-state index contributed by atoms with van der Waals surface area (Å²) >= 11 is 7.96. The van der Waals surface area contributed by atoms with E-state index >= 15 is 0 Å². The van der Waals surface area contributed by atoms with E-state index in [1.165, 1.54) is 0 Å². The molecule has 3 rings (SSSR count). The van der Waals surface area contributed by atoms with Crippen LogP contribution in [-0.4, -0.2) is 11.2 Å². The van der Waals surface area contributed by atoms with E-state index in [1.807, 2.05) is 48.7 Å². The number of hydrogen-bond donors (Lipinski definition) is 0. The number of halogens is 1. The Balaban J connectivity index is 2.20. The molecule has 0 N–H and O–H groups in total. The van der Waals surface area contributed by atoms with Gasteiger partial charge in [0.2, 0.25) is 5.89 Å².